The lowest BCUT2D eigenvalue weighted by atomic mass is 9.96. The first kappa shape index (κ1) is 21.6. The van der Waals surface area contributed by atoms with Gasteiger partial charge in [0, 0.05) is 25.0 Å². The Balaban J connectivity index is 1.72. The molecule has 3 rings (SSSR count). The molecule has 0 saturated carbocycles. The number of likely N-dealkylation sites (tertiary alicyclic amines) is 1. The average Bonchev–Trinajstić information content (AvgIpc) is 2.94. The van der Waals surface area contributed by atoms with Gasteiger partial charge in [-0.1, -0.05) is 11.6 Å². The predicted octanol–water partition coefficient (Wildman–Crippen LogP) is 1.92. The van der Waals surface area contributed by atoms with E-state index in [0.29, 0.717) is 36.8 Å². The third-order valence-electron chi connectivity index (χ3n) is 5.52. The van der Waals surface area contributed by atoms with Gasteiger partial charge in [-0.3, -0.25) is 0 Å². The average molecular weight is 424 g/mol. The summed E-state index contributed by atoms with van der Waals surface area (Å²) in [6.45, 7) is 5.54. The maximum Gasteiger partial charge on any atom is 0.341 e. The fourth-order valence-electron chi connectivity index (χ4n) is 4.09. The van der Waals surface area contributed by atoms with Crippen LogP contribution in [0, 0.1) is 12.8 Å². The number of nitrogens with one attached hydrogen (secondary N) is 1. The molecule has 0 atom stereocenters. The Bertz CT molecular complexity index is 991. The van der Waals surface area contributed by atoms with Gasteiger partial charge in [0.15, 0.2) is 0 Å². The van der Waals surface area contributed by atoms with E-state index in [2.05, 4.69) is 9.62 Å². The molecule has 0 amide bonds. The van der Waals surface area contributed by atoms with E-state index in [1.165, 1.54) is 13.4 Å². The number of sulfonamides is 1. The van der Waals surface area contributed by atoms with Crippen molar-refractivity contribution < 1.29 is 23.1 Å². The van der Waals surface area contributed by atoms with Crippen molar-refractivity contribution in [3.05, 3.63) is 29.3 Å². The number of aromatic carboxylic acids is 1. The topological polar surface area (TPSA) is 101 Å². The summed E-state index contributed by atoms with van der Waals surface area (Å²) >= 11 is 0. The van der Waals surface area contributed by atoms with Crippen LogP contribution in [0.2, 0.25) is 0 Å². The molecular formula is C20H29N3O5S. The normalized spacial score (nSPS) is 16.4. The van der Waals surface area contributed by atoms with E-state index in [1.54, 1.807) is 0 Å². The highest BCUT2D eigenvalue weighted by molar-refractivity contribution is 7.88. The first-order valence-corrected chi connectivity index (χ1v) is 11.7. The number of carboxylic acids is 1. The van der Waals surface area contributed by atoms with E-state index in [1.807, 2.05) is 29.7 Å². The Kier molecular flexibility index (Phi) is 6.50. The van der Waals surface area contributed by atoms with Gasteiger partial charge in [-0.25, -0.2) is 17.9 Å². The van der Waals surface area contributed by atoms with Gasteiger partial charge in [-0.2, -0.15) is 0 Å². The number of piperidine rings is 1. The molecule has 1 aromatic heterocycles. The summed E-state index contributed by atoms with van der Waals surface area (Å²) in [6.07, 6.45) is 3.10. The van der Waals surface area contributed by atoms with Crippen molar-refractivity contribution in [3.63, 3.8) is 0 Å². The van der Waals surface area contributed by atoms with Crippen LogP contribution >= 0.6 is 0 Å². The number of methoxy groups -OCH3 is 1. The van der Waals surface area contributed by atoms with Crippen molar-refractivity contribution >= 4 is 26.9 Å². The van der Waals surface area contributed by atoms with Crippen LogP contribution < -0.4 is 9.46 Å². The molecule has 1 saturated heterocycles. The summed E-state index contributed by atoms with van der Waals surface area (Å²) in [7, 11) is -1.64. The van der Waals surface area contributed by atoms with Crippen molar-refractivity contribution in [3.8, 4) is 5.88 Å². The van der Waals surface area contributed by atoms with Crippen molar-refractivity contribution in [2.45, 2.75) is 26.3 Å². The van der Waals surface area contributed by atoms with Crippen LogP contribution in [0.3, 0.4) is 0 Å². The monoisotopic (exact) mass is 423 g/mol. The second-order valence-corrected chi connectivity index (χ2v) is 9.61. The number of fused-ring (bicyclic) bond motifs is 1. The van der Waals surface area contributed by atoms with Crippen LogP contribution in [-0.2, 0) is 16.6 Å². The molecule has 160 valence electrons. The number of carboxylic acid groups (broad SMARTS) is 1. The number of aryl methyl sites for hydroxylation is 1. The van der Waals surface area contributed by atoms with Crippen molar-refractivity contribution in [1.29, 1.82) is 0 Å². The van der Waals surface area contributed by atoms with Crippen molar-refractivity contribution in [1.82, 2.24) is 14.2 Å². The first-order chi connectivity index (χ1) is 13.7. The minimum atomic E-state index is -3.15. The van der Waals surface area contributed by atoms with E-state index in [9.17, 15) is 18.3 Å². The first-order valence-electron chi connectivity index (χ1n) is 9.76. The summed E-state index contributed by atoms with van der Waals surface area (Å²) in [5.41, 5.74) is 2.11. The van der Waals surface area contributed by atoms with Gasteiger partial charge in [0.05, 0.1) is 18.9 Å². The van der Waals surface area contributed by atoms with Gasteiger partial charge >= 0.3 is 5.97 Å². The Morgan fingerprint density at radius 1 is 1.31 bits per heavy atom. The highest BCUT2D eigenvalue weighted by atomic mass is 32.2. The lowest BCUT2D eigenvalue weighted by Crippen LogP contribution is -2.40. The quantitative estimate of drug-likeness (QED) is 0.673. The van der Waals surface area contributed by atoms with E-state index >= 15 is 0 Å². The van der Waals surface area contributed by atoms with E-state index in [4.69, 9.17) is 4.74 Å². The number of ether oxygens (including phenoxy) is 1. The lowest BCUT2D eigenvalue weighted by molar-refractivity contribution is 0.0694. The van der Waals surface area contributed by atoms with Gasteiger partial charge < -0.3 is 19.3 Å². The number of hydrogen-bond donors (Lipinski definition) is 2. The molecule has 2 N–H and O–H groups in total. The second-order valence-electron chi connectivity index (χ2n) is 7.77. The summed E-state index contributed by atoms with van der Waals surface area (Å²) in [5, 5.41) is 10.4. The molecule has 2 heterocycles. The molecule has 1 fully saturated rings. The zero-order valence-corrected chi connectivity index (χ0v) is 18.0. The van der Waals surface area contributed by atoms with E-state index in [0.717, 1.165) is 37.0 Å². The third-order valence-corrected chi connectivity index (χ3v) is 6.25. The van der Waals surface area contributed by atoms with Crippen LogP contribution in [0.15, 0.2) is 18.2 Å². The SMILES string of the molecule is COc1c(C(=O)O)c2cc(C)ccc2n1CC1CCN(CCNS(C)(=O)=O)CC1. The second kappa shape index (κ2) is 8.73. The molecule has 8 nitrogen and oxygen atoms in total. The summed E-state index contributed by atoms with van der Waals surface area (Å²) in [5.74, 6) is -0.177. The zero-order valence-electron chi connectivity index (χ0n) is 17.1. The number of hydrogen-bond acceptors (Lipinski definition) is 5. The fraction of sp³-hybridized carbons (Fsp3) is 0.550. The summed E-state index contributed by atoms with van der Waals surface area (Å²) < 4.78 is 32.4. The third kappa shape index (κ3) is 5.09. The Morgan fingerprint density at radius 3 is 2.59 bits per heavy atom. The van der Waals surface area contributed by atoms with Gasteiger partial charge in [-0.15, -0.1) is 0 Å². The standard InChI is InChI=1S/C20H29N3O5S/c1-14-4-5-17-16(12-14)18(20(24)25)19(28-2)23(17)13-15-6-9-22(10-7-15)11-8-21-29(3,26)27/h4-5,12,15,21H,6-11,13H2,1-3H3,(H,24,25). The number of carbonyl (C=O) groups is 1. The number of nitrogens with zero attached hydrogens (tertiary/aromatic N) is 2. The van der Waals surface area contributed by atoms with Gasteiger partial charge in [0.25, 0.3) is 0 Å². The molecule has 0 spiro atoms. The summed E-state index contributed by atoms with van der Waals surface area (Å²) in [6, 6.07) is 5.85. The lowest BCUT2D eigenvalue weighted by Gasteiger charge is -2.32. The molecule has 0 unspecified atom stereocenters. The molecule has 29 heavy (non-hydrogen) atoms. The maximum absolute atomic E-state index is 11.9. The number of benzene rings is 1. The minimum absolute atomic E-state index is 0.218. The largest absolute Gasteiger partial charge is 0.482 e. The highest BCUT2D eigenvalue weighted by Crippen LogP contribution is 2.34. The van der Waals surface area contributed by atoms with Gasteiger partial charge in [-0.05, 0) is 50.9 Å². The molecule has 9 heteroatoms. The van der Waals surface area contributed by atoms with Crippen LogP contribution in [0.4, 0.5) is 0 Å². The molecule has 1 aliphatic rings. The zero-order chi connectivity index (χ0) is 21.2. The fourth-order valence-corrected chi connectivity index (χ4v) is 4.55. The molecule has 0 aliphatic carbocycles. The molecule has 0 bridgehead atoms. The smallest absolute Gasteiger partial charge is 0.341 e. The molecule has 1 aliphatic heterocycles. The van der Waals surface area contributed by atoms with Crippen LogP contribution in [-0.4, -0.2) is 68.5 Å². The Hall–Kier alpha value is -2.10. The maximum atomic E-state index is 11.9. The predicted molar refractivity (Wildman–Crippen MR) is 112 cm³/mol. The Labute approximate surface area is 171 Å². The molecule has 1 aromatic carbocycles. The van der Waals surface area contributed by atoms with E-state index < -0.39 is 16.0 Å². The van der Waals surface area contributed by atoms with E-state index in [-0.39, 0.29) is 5.56 Å². The number of rotatable bonds is 8. The van der Waals surface area contributed by atoms with Crippen molar-refractivity contribution in [2.75, 3.05) is 39.5 Å². The van der Waals surface area contributed by atoms with Crippen LogP contribution in [0.25, 0.3) is 10.9 Å². The van der Waals surface area contributed by atoms with Gasteiger partial charge in [0.2, 0.25) is 15.9 Å². The molecular weight excluding hydrogens is 394 g/mol. The van der Waals surface area contributed by atoms with Gasteiger partial charge in [0.1, 0.15) is 5.56 Å². The summed E-state index contributed by atoms with van der Waals surface area (Å²) in [4.78, 5) is 14.1. The van der Waals surface area contributed by atoms with Crippen LogP contribution in [0.5, 0.6) is 5.88 Å². The number of aromatic nitrogens is 1. The minimum Gasteiger partial charge on any atom is -0.482 e. The van der Waals surface area contributed by atoms with Crippen molar-refractivity contribution in [2.24, 2.45) is 5.92 Å². The molecule has 2 aromatic rings. The molecule has 0 radical (unpaired) electrons. The highest BCUT2D eigenvalue weighted by Gasteiger charge is 2.26. The Morgan fingerprint density at radius 2 is 2.00 bits per heavy atom. The van der Waals surface area contributed by atoms with Crippen LogP contribution in [0.1, 0.15) is 28.8 Å².